The van der Waals surface area contributed by atoms with Gasteiger partial charge in [-0.2, -0.15) is 5.10 Å². The van der Waals surface area contributed by atoms with Gasteiger partial charge in [0, 0.05) is 41.1 Å². The van der Waals surface area contributed by atoms with Crippen molar-refractivity contribution in [1.29, 1.82) is 0 Å². The van der Waals surface area contributed by atoms with Crippen molar-refractivity contribution in [3.05, 3.63) is 81.4 Å². The fourth-order valence-electron chi connectivity index (χ4n) is 4.45. The lowest BCUT2D eigenvalue weighted by atomic mass is 9.92. The number of nitrogens with zero attached hydrogens (tertiary/aromatic N) is 4. The number of amides is 1. The van der Waals surface area contributed by atoms with Gasteiger partial charge in [0.1, 0.15) is 6.54 Å². The van der Waals surface area contributed by atoms with E-state index < -0.39 is 0 Å². The maximum atomic E-state index is 12.9. The number of aryl methyl sites for hydroxylation is 3. The second-order valence-corrected chi connectivity index (χ2v) is 8.98. The van der Waals surface area contributed by atoms with Gasteiger partial charge in [-0.1, -0.05) is 29.8 Å². The Morgan fingerprint density at radius 1 is 1.13 bits per heavy atom. The maximum Gasteiger partial charge on any atom is 0.244 e. The van der Waals surface area contributed by atoms with Crippen LogP contribution < -0.4 is 0 Å². The number of benzene rings is 1. The Bertz CT molecular complexity index is 1090. The Kier molecular flexibility index (Phi) is 6.42. The second-order valence-electron chi connectivity index (χ2n) is 8.57. The molecule has 0 radical (unpaired) electrons. The highest BCUT2D eigenvalue weighted by Gasteiger charge is 2.26. The first-order valence-corrected chi connectivity index (χ1v) is 11.3. The quantitative estimate of drug-likeness (QED) is 0.574. The summed E-state index contributed by atoms with van der Waals surface area (Å²) in [4.78, 5) is 19.8. The number of aromatic nitrogens is 3. The normalized spacial score (nSPS) is 16.5. The number of pyridine rings is 1. The van der Waals surface area contributed by atoms with E-state index in [4.69, 9.17) is 16.6 Å². The van der Waals surface area contributed by atoms with Crippen molar-refractivity contribution in [3.63, 3.8) is 0 Å². The minimum Gasteiger partial charge on any atom is -0.340 e. The van der Waals surface area contributed by atoms with E-state index in [-0.39, 0.29) is 11.8 Å². The first-order chi connectivity index (χ1) is 14.9. The van der Waals surface area contributed by atoms with E-state index in [0.29, 0.717) is 13.1 Å². The fraction of sp³-hybridized carbons (Fsp3) is 0.400. The third kappa shape index (κ3) is 5.16. The Morgan fingerprint density at radius 3 is 2.68 bits per heavy atom. The van der Waals surface area contributed by atoms with Crippen molar-refractivity contribution < 1.29 is 4.79 Å². The zero-order valence-corrected chi connectivity index (χ0v) is 19.2. The molecular formula is C25H29ClN4O. The zero-order chi connectivity index (χ0) is 22.0. The van der Waals surface area contributed by atoms with Crippen LogP contribution in [0.15, 0.2) is 42.5 Å². The van der Waals surface area contributed by atoms with E-state index in [1.807, 2.05) is 49.9 Å². The topological polar surface area (TPSA) is 51.0 Å². The molecule has 1 aliphatic heterocycles. The van der Waals surface area contributed by atoms with E-state index in [1.54, 1.807) is 4.68 Å². The Morgan fingerprint density at radius 2 is 1.94 bits per heavy atom. The van der Waals surface area contributed by atoms with Gasteiger partial charge in [-0.3, -0.25) is 14.5 Å². The monoisotopic (exact) mass is 436 g/mol. The van der Waals surface area contributed by atoms with Crippen LogP contribution in [0, 0.1) is 20.8 Å². The molecule has 1 amide bonds. The molecule has 0 N–H and O–H groups in total. The minimum atomic E-state index is 0.125. The zero-order valence-electron chi connectivity index (χ0n) is 18.4. The molecule has 6 heteroatoms. The van der Waals surface area contributed by atoms with Crippen LogP contribution in [0.2, 0.25) is 5.02 Å². The van der Waals surface area contributed by atoms with Crippen LogP contribution in [0.4, 0.5) is 0 Å². The molecule has 31 heavy (non-hydrogen) atoms. The minimum absolute atomic E-state index is 0.125. The van der Waals surface area contributed by atoms with Gasteiger partial charge in [-0.15, -0.1) is 0 Å². The summed E-state index contributed by atoms with van der Waals surface area (Å²) in [6, 6.07) is 14.3. The standard InChI is InChI=1S/C25H29ClN4O/c1-17-12-20(13-21-7-4-5-9-23(21)26)14-24(27-17)22-8-6-10-29(15-22)25(31)16-30-19(3)11-18(2)28-30/h4-5,7,9,11-12,14,22H,6,8,10,13,15-16H2,1-3H3/t22-/m0/s1. The van der Waals surface area contributed by atoms with E-state index in [0.717, 1.165) is 59.2 Å². The largest absolute Gasteiger partial charge is 0.340 e. The van der Waals surface area contributed by atoms with Crippen LogP contribution in [0.1, 0.15) is 52.7 Å². The Hall–Kier alpha value is -2.66. The third-order valence-corrected chi connectivity index (χ3v) is 6.33. The van der Waals surface area contributed by atoms with Gasteiger partial charge in [-0.05, 0) is 75.4 Å². The van der Waals surface area contributed by atoms with Crippen LogP contribution in [-0.2, 0) is 17.8 Å². The van der Waals surface area contributed by atoms with Crippen molar-refractivity contribution in [2.75, 3.05) is 13.1 Å². The summed E-state index contributed by atoms with van der Waals surface area (Å²) in [5.74, 6) is 0.378. The number of hydrogen-bond acceptors (Lipinski definition) is 3. The molecule has 0 spiro atoms. The summed E-state index contributed by atoms with van der Waals surface area (Å²) in [6.45, 7) is 7.78. The van der Waals surface area contributed by atoms with E-state index in [9.17, 15) is 4.79 Å². The lowest BCUT2D eigenvalue weighted by Gasteiger charge is -2.33. The van der Waals surface area contributed by atoms with Crippen LogP contribution in [0.3, 0.4) is 0 Å². The molecule has 1 fully saturated rings. The molecule has 4 rings (SSSR count). The van der Waals surface area contributed by atoms with Crippen LogP contribution in [-0.4, -0.2) is 38.7 Å². The Balaban J connectivity index is 1.49. The predicted molar refractivity (Wildman–Crippen MR) is 123 cm³/mol. The average Bonchev–Trinajstić information content (AvgIpc) is 3.06. The molecule has 2 aromatic heterocycles. The summed E-state index contributed by atoms with van der Waals surface area (Å²) in [7, 11) is 0. The number of piperidine rings is 1. The molecule has 0 bridgehead atoms. The molecule has 1 saturated heterocycles. The highest BCUT2D eigenvalue weighted by molar-refractivity contribution is 6.31. The van der Waals surface area contributed by atoms with Gasteiger partial charge in [0.2, 0.25) is 5.91 Å². The SMILES string of the molecule is Cc1cc(Cc2ccccc2Cl)cc([C@H]2CCCN(C(=O)Cn3nc(C)cc3C)C2)n1. The number of carbonyl (C=O) groups excluding carboxylic acids is 1. The van der Waals surface area contributed by atoms with E-state index >= 15 is 0 Å². The van der Waals surface area contributed by atoms with Gasteiger partial charge in [0.05, 0.1) is 5.69 Å². The number of carbonyl (C=O) groups is 1. The lowest BCUT2D eigenvalue weighted by Crippen LogP contribution is -2.41. The van der Waals surface area contributed by atoms with Gasteiger partial charge in [0.25, 0.3) is 0 Å². The Labute approximate surface area is 189 Å². The van der Waals surface area contributed by atoms with Crippen LogP contribution in [0.25, 0.3) is 0 Å². The highest BCUT2D eigenvalue weighted by atomic mass is 35.5. The molecule has 1 aromatic carbocycles. The molecule has 0 aliphatic carbocycles. The third-order valence-electron chi connectivity index (χ3n) is 5.97. The van der Waals surface area contributed by atoms with Gasteiger partial charge in [-0.25, -0.2) is 0 Å². The number of halogens is 1. The lowest BCUT2D eigenvalue weighted by molar-refractivity contribution is -0.133. The fourth-order valence-corrected chi connectivity index (χ4v) is 4.65. The molecule has 0 unspecified atom stereocenters. The van der Waals surface area contributed by atoms with Gasteiger partial charge < -0.3 is 4.90 Å². The first kappa shape index (κ1) is 21.6. The van der Waals surface area contributed by atoms with Crippen LogP contribution >= 0.6 is 11.6 Å². The van der Waals surface area contributed by atoms with Crippen molar-refractivity contribution in [3.8, 4) is 0 Å². The molecule has 162 valence electrons. The van der Waals surface area contributed by atoms with Crippen molar-refractivity contribution in [1.82, 2.24) is 19.7 Å². The first-order valence-electron chi connectivity index (χ1n) is 10.9. The van der Waals surface area contributed by atoms with Crippen molar-refractivity contribution >= 4 is 17.5 Å². The maximum absolute atomic E-state index is 12.9. The summed E-state index contributed by atoms with van der Waals surface area (Å²) in [5.41, 5.74) is 6.37. The van der Waals surface area contributed by atoms with E-state index in [1.165, 1.54) is 5.56 Å². The van der Waals surface area contributed by atoms with Crippen molar-refractivity contribution in [2.45, 2.75) is 52.5 Å². The second kappa shape index (κ2) is 9.23. The molecular weight excluding hydrogens is 408 g/mol. The average molecular weight is 437 g/mol. The molecule has 3 heterocycles. The summed E-state index contributed by atoms with van der Waals surface area (Å²) in [5, 5.41) is 5.23. The molecule has 3 aromatic rings. The van der Waals surface area contributed by atoms with Gasteiger partial charge >= 0.3 is 0 Å². The number of rotatable bonds is 5. The van der Waals surface area contributed by atoms with E-state index in [2.05, 4.69) is 23.3 Å². The summed E-state index contributed by atoms with van der Waals surface area (Å²) >= 11 is 6.37. The molecule has 1 aliphatic rings. The number of hydrogen-bond donors (Lipinski definition) is 0. The molecule has 5 nitrogen and oxygen atoms in total. The summed E-state index contributed by atoms with van der Waals surface area (Å²) < 4.78 is 1.80. The molecule has 1 atom stereocenters. The summed E-state index contributed by atoms with van der Waals surface area (Å²) in [6.07, 6.45) is 2.82. The van der Waals surface area contributed by atoms with Gasteiger partial charge in [0.15, 0.2) is 0 Å². The predicted octanol–water partition coefficient (Wildman–Crippen LogP) is 4.85. The van der Waals surface area contributed by atoms with Crippen LogP contribution in [0.5, 0.6) is 0 Å². The number of likely N-dealkylation sites (tertiary alicyclic amines) is 1. The smallest absolute Gasteiger partial charge is 0.244 e. The van der Waals surface area contributed by atoms with Crippen molar-refractivity contribution in [2.24, 2.45) is 0 Å². The highest BCUT2D eigenvalue weighted by Crippen LogP contribution is 2.28. The molecule has 0 saturated carbocycles.